The quantitative estimate of drug-likeness (QED) is 0.819. The highest BCUT2D eigenvalue weighted by Gasteiger charge is 2.24. The topological polar surface area (TPSA) is 80.5 Å². The number of anilines is 1. The molecule has 0 saturated heterocycles. The van der Waals surface area contributed by atoms with Crippen LogP contribution in [0.1, 0.15) is 17.3 Å². The average molecular weight is 254 g/mol. The maximum absolute atomic E-state index is 12.0. The molecule has 0 spiro atoms. The zero-order valence-electron chi connectivity index (χ0n) is 9.46. The minimum Gasteiger partial charge on any atom is -0.399 e. The van der Waals surface area contributed by atoms with Gasteiger partial charge in [0.2, 0.25) is 0 Å². The van der Waals surface area contributed by atoms with Gasteiger partial charge in [0.1, 0.15) is 0 Å². The number of sulfonamides is 1. The highest BCUT2D eigenvalue weighted by molar-refractivity contribution is 7.92. The molecule has 0 unspecified atom stereocenters. The number of hydrogen-bond acceptors (Lipinski definition) is 4. The van der Waals surface area contributed by atoms with Crippen LogP contribution < -0.4 is 5.73 Å². The van der Waals surface area contributed by atoms with Gasteiger partial charge in [-0.1, -0.05) is 12.6 Å². The van der Waals surface area contributed by atoms with Gasteiger partial charge in [0, 0.05) is 23.2 Å². The molecule has 0 saturated carbocycles. The molecule has 6 heteroatoms. The van der Waals surface area contributed by atoms with Crippen LogP contribution in [0.3, 0.4) is 0 Å². The van der Waals surface area contributed by atoms with Crippen molar-refractivity contribution < 1.29 is 13.2 Å². The Kier molecular flexibility index (Phi) is 3.90. The Hall–Kier alpha value is -1.82. The Morgan fingerprint density at radius 1 is 1.53 bits per heavy atom. The van der Waals surface area contributed by atoms with E-state index >= 15 is 0 Å². The molecule has 0 heterocycles. The lowest BCUT2D eigenvalue weighted by Gasteiger charge is -2.18. The van der Waals surface area contributed by atoms with Crippen LogP contribution in [-0.2, 0) is 10.0 Å². The van der Waals surface area contributed by atoms with Gasteiger partial charge in [-0.3, -0.25) is 4.79 Å². The Bertz CT molecular complexity index is 537. The van der Waals surface area contributed by atoms with E-state index < -0.39 is 15.9 Å². The molecule has 0 aliphatic rings. The van der Waals surface area contributed by atoms with Crippen molar-refractivity contribution in [1.29, 1.82) is 0 Å². The molecule has 0 aromatic heterocycles. The highest BCUT2D eigenvalue weighted by Crippen LogP contribution is 2.13. The van der Waals surface area contributed by atoms with E-state index in [1.165, 1.54) is 12.1 Å². The number of nitrogens with two attached hydrogens (primary N) is 1. The van der Waals surface area contributed by atoms with Gasteiger partial charge >= 0.3 is 0 Å². The maximum Gasteiger partial charge on any atom is 0.267 e. The predicted octanol–water partition coefficient (Wildman–Crippen LogP) is 1.20. The summed E-state index contributed by atoms with van der Waals surface area (Å²) in [7, 11) is -3.76. The first kappa shape index (κ1) is 13.2. The van der Waals surface area contributed by atoms with Crippen LogP contribution in [-0.4, -0.2) is 25.2 Å². The van der Waals surface area contributed by atoms with Crippen LogP contribution in [0.15, 0.2) is 36.3 Å². The lowest BCUT2D eigenvalue weighted by atomic mass is 10.2. The van der Waals surface area contributed by atoms with Crippen LogP contribution in [0.25, 0.3) is 0 Å². The normalized spacial score (nSPS) is 10.9. The van der Waals surface area contributed by atoms with Gasteiger partial charge in [-0.15, -0.1) is 0 Å². The predicted molar refractivity (Wildman–Crippen MR) is 66.7 cm³/mol. The lowest BCUT2D eigenvalue weighted by Crippen LogP contribution is -2.35. The molecule has 0 atom stereocenters. The monoisotopic (exact) mass is 254 g/mol. The summed E-state index contributed by atoms with van der Waals surface area (Å²) in [4.78, 5) is 12.0. The van der Waals surface area contributed by atoms with Gasteiger partial charge in [0.25, 0.3) is 15.9 Å². The van der Waals surface area contributed by atoms with E-state index in [0.29, 0.717) is 5.69 Å². The fourth-order valence-corrected chi connectivity index (χ4v) is 2.22. The van der Waals surface area contributed by atoms with Crippen molar-refractivity contribution in [3.8, 4) is 0 Å². The SMILES string of the molecule is C=CS(=O)(=O)N(CC)C(=O)c1cccc(N)c1. The van der Waals surface area contributed by atoms with Crippen molar-refractivity contribution >= 4 is 21.6 Å². The third-order valence-corrected chi connectivity index (χ3v) is 3.62. The fraction of sp³-hybridized carbons (Fsp3) is 0.182. The molecule has 2 N–H and O–H groups in total. The van der Waals surface area contributed by atoms with E-state index in [2.05, 4.69) is 6.58 Å². The number of rotatable bonds is 4. The molecule has 1 aromatic carbocycles. The molecule has 17 heavy (non-hydrogen) atoms. The van der Waals surface area contributed by atoms with Crippen molar-refractivity contribution in [3.05, 3.63) is 41.8 Å². The van der Waals surface area contributed by atoms with Crippen molar-refractivity contribution in [2.24, 2.45) is 0 Å². The van der Waals surface area contributed by atoms with E-state index in [-0.39, 0.29) is 12.1 Å². The van der Waals surface area contributed by atoms with Crippen LogP contribution in [0.4, 0.5) is 5.69 Å². The molecule has 1 rings (SSSR count). The molecular weight excluding hydrogens is 240 g/mol. The smallest absolute Gasteiger partial charge is 0.267 e. The molecule has 92 valence electrons. The number of hydrogen-bond donors (Lipinski definition) is 1. The molecular formula is C11H14N2O3S. The minimum absolute atomic E-state index is 0.0436. The van der Waals surface area contributed by atoms with Gasteiger partial charge in [0.15, 0.2) is 0 Å². The summed E-state index contributed by atoms with van der Waals surface area (Å²) in [6.07, 6.45) is 0. The third kappa shape index (κ3) is 2.85. The average Bonchev–Trinajstić information content (AvgIpc) is 2.29. The van der Waals surface area contributed by atoms with Crippen LogP contribution >= 0.6 is 0 Å². The minimum atomic E-state index is -3.76. The van der Waals surface area contributed by atoms with E-state index in [9.17, 15) is 13.2 Å². The Labute approximate surface area is 101 Å². The number of benzene rings is 1. The molecule has 0 fully saturated rings. The number of amides is 1. The van der Waals surface area contributed by atoms with E-state index in [1.807, 2.05) is 0 Å². The number of carbonyl (C=O) groups is 1. The van der Waals surface area contributed by atoms with Crippen molar-refractivity contribution in [3.63, 3.8) is 0 Å². The van der Waals surface area contributed by atoms with Crippen molar-refractivity contribution in [2.75, 3.05) is 12.3 Å². The summed E-state index contributed by atoms with van der Waals surface area (Å²) in [6.45, 7) is 4.81. The van der Waals surface area contributed by atoms with Gasteiger partial charge in [-0.05, 0) is 25.1 Å². The third-order valence-electron chi connectivity index (χ3n) is 2.17. The van der Waals surface area contributed by atoms with Gasteiger partial charge in [-0.2, -0.15) is 0 Å². The first-order valence-corrected chi connectivity index (χ1v) is 6.47. The molecule has 1 aromatic rings. The maximum atomic E-state index is 12.0. The molecule has 1 amide bonds. The van der Waals surface area contributed by atoms with E-state index in [1.54, 1.807) is 19.1 Å². The number of nitrogens with zero attached hydrogens (tertiary/aromatic N) is 1. The Morgan fingerprint density at radius 3 is 2.65 bits per heavy atom. The summed E-state index contributed by atoms with van der Waals surface area (Å²) in [6, 6.07) is 6.16. The van der Waals surface area contributed by atoms with Crippen LogP contribution in [0, 0.1) is 0 Å². The zero-order valence-corrected chi connectivity index (χ0v) is 10.3. The molecule has 0 aliphatic carbocycles. The molecule has 0 radical (unpaired) electrons. The Balaban J connectivity index is 3.15. The van der Waals surface area contributed by atoms with Gasteiger partial charge < -0.3 is 5.73 Å². The standard InChI is InChI=1S/C11H14N2O3S/c1-3-13(17(15,16)4-2)11(14)9-6-5-7-10(12)8-9/h4-8H,2-3,12H2,1H3. The highest BCUT2D eigenvalue weighted by atomic mass is 32.2. The summed E-state index contributed by atoms with van der Waals surface area (Å²) in [5.41, 5.74) is 6.18. The molecule has 0 bridgehead atoms. The second kappa shape index (κ2) is 5.01. The zero-order chi connectivity index (χ0) is 13.1. The lowest BCUT2D eigenvalue weighted by molar-refractivity contribution is 0.0867. The second-order valence-electron chi connectivity index (χ2n) is 3.31. The van der Waals surface area contributed by atoms with Crippen LogP contribution in [0.5, 0.6) is 0 Å². The summed E-state index contributed by atoms with van der Waals surface area (Å²) in [5, 5.41) is 0.751. The van der Waals surface area contributed by atoms with Crippen molar-refractivity contribution in [2.45, 2.75) is 6.92 Å². The largest absolute Gasteiger partial charge is 0.399 e. The summed E-state index contributed by atoms with van der Waals surface area (Å²) < 4.78 is 23.9. The second-order valence-corrected chi connectivity index (χ2v) is 5.11. The number of carbonyl (C=O) groups excluding carboxylic acids is 1. The Morgan fingerprint density at radius 2 is 2.18 bits per heavy atom. The fourth-order valence-electron chi connectivity index (χ4n) is 1.34. The van der Waals surface area contributed by atoms with E-state index in [0.717, 1.165) is 9.71 Å². The van der Waals surface area contributed by atoms with Gasteiger partial charge in [-0.25, -0.2) is 12.7 Å². The first-order chi connectivity index (χ1) is 7.92. The van der Waals surface area contributed by atoms with Crippen LogP contribution in [0.2, 0.25) is 0 Å². The first-order valence-electron chi connectivity index (χ1n) is 4.97. The summed E-state index contributed by atoms with van der Waals surface area (Å²) in [5.74, 6) is -0.611. The van der Waals surface area contributed by atoms with E-state index in [4.69, 9.17) is 5.73 Å². The summed E-state index contributed by atoms with van der Waals surface area (Å²) >= 11 is 0. The van der Waals surface area contributed by atoms with Gasteiger partial charge in [0.05, 0.1) is 0 Å². The van der Waals surface area contributed by atoms with Crippen molar-refractivity contribution in [1.82, 2.24) is 4.31 Å². The molecule has 5 nitrogen and oxygen atoms in total. The molecule has 0 aliphatic heterocycles. The number of nitrogen functional groups attached to an aromatic ring is 1.